The molecule has 0 bridgehead atoms. The van der Waals surface area contributed by atoms with Crippen LogP contribution in [0.4, 0.5) is 14.9 Å². The van der Waals surface area contributed by atoms with Crippen molar-refractivity contribution in [3.63, 3.8) is 0 Å². The first kappa shape index (κ1) is 31.0. The summed E-state index contributed by atoms with van der Waals surface area (Å²) in [5, 5.41) is 12.8. The van der Waals surface area contributed by atoms with E-state index in [0.717, 1.165) is 11.1 Å². The molecule has 0 unspecified atom stereocenters. The molecule has 1 aliphatic rings. The Kier molecular flexibility index (Phi) is 8.60. The van der Waals surface area contributed by atoms with Crippen LogP contribution in [0.2, 0.25) is 0 Å². The molecule has 4 aromatic heterocycles. The molecule has 0 saturated carbocycles. The molecule has 46 heavy (non-hydrogen) atoms. The van der Waals surface area contributed by atoms with Crippen LogP contribution in [-0.4, -0.2) is 85.4 Å². The van der Waals surface area contributed by atoms with Gasteiger partial charge in [0.05, 0.1) is 42.3 Å². The molecule has 1 saturated heterocycles. The molecule has 3 atom stereocenters. The van der Waals surface area contributed by atoms with E-state index in [1.807, 2.05) is 19.1 Å². The minimum Gasteiger partial charge on any atom is -0.480 e. The molecule has 5 aromatic rings. The Labute approximate surface area is 266 Å². The maximum atomic E-state index is 15.1. The van der Waals surface area contributed by atoms with Gasteiger partial charge >= 0.3 is 6.09 Å². The highest BCUT2D eigenvalue weighted by Crippen LogP contribution is 2.35. The van der Waals surface area contributed by atoms with Crippen LogP contribution in [0.5, 0.6) is 11.8 Å². The number of aromatic nitrogens is 5. The number of likely N-dealkylation sites (tertiary alicyclic amines) is 1. The molecule has 13 nitrogen and oxygen atoms in total. The number of aliphatic hydroxyl groups is 1. The largest absolute Gasteiger partial charge is 0.480 e. The summed E-state index contributed by atoms with van der Waals surface area (Å²) in [6.45, 7) is 5.89. The van der Waals surface area contributed by atoms with Gasteiger partial charge in [-0.15, -0.1) is 0 Å². The van der Waals surface area contributed by atoms with E-state index in [9.17, 15) is 14.7 Å². The summed E-state index contributed by atoms with van der Waals surface area (Å²) in [6.07, 6.45) is 0.521. The van der Waals surface area contributed by atoms with Crippen LogP contribution >= 0.6 is 11.3 Å². The lowest BCUT2D eigenvalue weighted by molar-refractivity contribution is 0.0379. The van der Waals surface area contributed by atoms with Gasteiger partial charge in [0.15, 0.2) is 5.82 Å². The number of aliphatic hydroxyl groups excluding tert-OH is 1. The fourth-order valence-electron chi connectivity index (χ4n) is 4.90. The molecule has 1 aliphatic heterocycles. The highest BCUT2D eigenvalue weighted by Gasteiger charge is 2.26. The van der Waals surface area contributed by atoms with Gasteiger partial charge in [-0.1, -0.05) is 11.3 Å². The summed E-state index contributed by atoms with van der Waals surface area (Å²) < 4.78 is 31.5. The van der Waals surface area contributed by atoms with Crippen LogP contribution in [-0.2, 0) is 4.74 Å². The first-order chi connectivity index (χ1) is 22.1. The number of hydrogen-bond acceptors (Lipinski definition) is 12. The standard InChI is InChI=1S/C31H30FN7O6S/c1-15-9-20(26-23(10-15)36-25(43-4)13-34-26)28-37-24-11-21(32)27(38-29(24)46-28)44-16(2)17(3)45-31(42)35-18-5-6-22(33-12-18)30(41)39-8-7-19(40)14-39/h5-6,9-13,16-17,19,40H,7-8,14H2,1-4H3,(H,35,42)/t16-,17+,19-/m0/s1. The van der Waals surface area contributed by atoms with Gasteiger partial charge in [0.1, 0.15) is 33.3 Å². The van der Waals surface area contributed by atoms with Gasteiger partial charge in [-0.3, -0.25) is 10.1 Å². The Morgan fingerprint density at radius 2 is 1.91 bits per heavy atom. The molecule has 0 spiro atoms. The molecule has 0 radical (unpaired) electrons. The van der Waals surface area contributed by atoms with Crippen LogP contribution in [0.1, 0.15) is 36.3 Å². The van der Waals surface area contributed by atoms with Gasteiger partial charge in [0, 0.05) is 24.7 Å². The number of carbonyl (C=O) groups excluding carboxylic acids is 2. The third kappa shape index (κ3) is 6.50. The molecule has 15 heteroatoms. The monoisotopic (exact) mass is 647 g/mol. The molecule has 1 fully saturated rings. The zero-order valence-electron chi connectivity index (χ0n) is 25.4. The zero-order valence-corrected chi connectivity index (χ0v) is 26.2. The van der Waals surface area contributed by atoms with Crippen molar-refractivity contribution >= 4 is 50.4 Å². The van der Waals surface area contributed by atoms with E-state index in [-0.39, 0.29) is 24.0 Å². The van der Waals surface area contributed by atoms with Gasteiger partial charge in [-0.25, -0.2) is 29.1 Å². The second-order valence-corrected chi connectivity index (χ2v) is 11.9. The number of methoxy groups -OCH3 is 1. The molecular weight excluding hydrogens is 617 g/mol. The number of thiazole rings is 1. The maximum Gasteiger partial charge on any atom is 0.412 e. The predicted octanol–water partition coefficient (Wildman–Crippen LogP) is 4.76. The van der Waals surface area contributed by atoms with Gasteiger partial charge < -0.3 is 24.2 Å². The van der Waals surface area contributed by atoms with Crippen molar-refractivity contribution in [1.82, 2.24) is 29.8 Å². The molecule has 2 amide bonds. The van der Waals surface area contributed by atoms with E-state index >= 15 is 4.39 Å². The second-order valence-electron chi connectivity index (χ2n) is 10.9. The average molecular weight is 648 g/mol. The summed E-state index contributed by atoms with van der Waals surface area (Å²) in [5.41, 5.74) is 3.83. The number of anilines is 1. The van der Waals surface area contributed by atoms with Gasteiger partial charge in [0.25, 0.3) is 11.8 Å². The Morgan fingerprint density at radius 3 is 2.63 bits per heavy atom. The Morgan fingerprint density at radius 1 is 1.09 bits per heavy atom. The second kappa shape index (κ2) is 12.8. The van der Waals surface area contributed by atoms with Crippen molar-refractivity contribution in [3.8, 4) is 22.3 Å². The Balaban J connectivity index is 1.11. The fourth-order valence-corrected chi connectivity index (χ4v) is 5.83. The molecule has 2 N–H and O–H groups in total. The van der Waals surface area contributed by atoms with Gasteiger partial charge in [0.2, 0.25) is 5.88 Å². The number of halogens is 1. The summed E-state index contributed by atoms with van der Waals surface area (Å²) in [7, 11) is 1.52. The fraction of sp³-hybridized carbons (Fsp3) is 0.323. The van der Waals surface area contributed by atoms with Crippen LogP contribution in [0, 0.1) is 12.7 Å². The van der Waals surface area contributed by atoms with E-state index in [1.165, 1.54) is 53.9 Å². The van der Waals surface area contributed by atoms with Crippen molar-refractivity contribution in [1.29, 1.82) is 0 Å². The van der Waals surface area contributed by atoms with Crippen molar-refractivity contribution in [2.24, 2.45) is 0 Å². The topological polar surface area (TPSA) is 162 Å². The highest BCUT2D eigenvalue weighted by molar-refractivity contribution is 7.21. The number of β-amino-alcohol motifs (C(OH)–C–C–N with tert-alkyl or cyclic N) is 1. The maximum absolute atomic E-state index is 15.1. The van der Waals surface area contributed by atoms with E-state index in [4.69, 9.17) is 14.2 Å². The van der Waals surface area contributed by atoms with Crippen LogP contribution in [0.25, 0.3) is 32.0 Å². The lowest BCUT2D eigenvalue weighted by Crippen LogP contribution is -2.33. The minimum atomic E-state index is -0.793. The molecule has 5 heterocycles. The lowest BCUT2D eigenvalue weighted by Gasteiger charge is -2.21. The van der Waals surface area contributed by atoms with Crippen molar-refractivity contribution in [2.75, 3.05) is 25.5 Å². The lowest BCUT2D eigenvalue weighted by atomic mass is 10.1. The van der Waals surface area contributed by atoms with Crippen LogP contribution in [0.15, 0.2) is 42.7 Å². The van der Waals surface area contributed by atoms with E-state index in [1.54, 1.807) is 13.8 Å². The van der Waals surface area contributed by atoms with Crippen LogP contribution < -0.4 is 14.8 Å². The quantitative estimate of drug-likeness (QED) is 0.239. The van der Waals surface area contributed by atoms with Crippen molar-refractivity contribution in [3.05, 3.63) is 59.8 Å². The summed E-state index contributed by atoms with van der Waals surface area (Å²) >= 11 is 1.26. The highest BCUT2D eigenvalue weighted by atomic mass is 32.1. The summed E-state index contributed by atoms with van der Waals surface area (Å²) in [5.74, 6) is -0.865. The molecule has 238 valence electrons. The average Bonchev–Trinajstić information content (AvgIpc) is 3.66. The summed E-state index contributed by atoms with van der Waals surface area (Å²) in [4.78, 5) is 49.1. The number of nitrogens with zero attached hydrogens (tertiary/aromatic N) is 6. The molecule has 0 aliphatic carbocycles. The molecular formula is C31H30FN7O6S. The van der Waals surface area contributed by atoms with E-state index in [0.29, 0.717) is 50.9 Å². The third-order valence-corrected chi connectivity index (χ3v) is 8.44. The van der Waals surface area contributed by atoms with Crippen molar-refractivity contribution in [2.45, 2.75) is 45.5 Å². The first-order valence-corrected chi connectivity index (χ1v) is 15.3. The van der Waals surface area contributed by atoms with Crippen LogP contribution in [0.3, 0.4) is 0 Å². The zero-order chi connectivity index (χ0) is 32.5. The molecule has 1 aromatic carbocycles. The normalized spacial score (nSPS) is 16.0. The minimum absolute atomic E-state index is 0.199. The van der Waals surface area contributed by atoms with Gasteiger partial charge in [-0.05, 0) is 57.0 Å². The number of fused-ring (bicyclic) bond motifs is 2. The number of ether oxygens (including phenoxy) is 3. The number of benzene rings is 1. The summed E-state index contributed by atoms with van der Waals surface area (Å²) in [6, 6.07) is 8.10. The number of rotatable bonds is 8. The number of hydrogen-bond donors (Lipinski definition) is 2. The smallest absolute Gasteiger partial charge is 0.412 e. The number of pyridine rings is 2. The number of amides is 2. The predicted molar refractivity (Wildman–Crippen MR) is 168 cm³/mol. The van der Waals surface area contributed by atoms with Crippen molar-refractivity contribution < 1.29 is 33.3 Å². The SMILES string of the molecule is COc1cnc2c(-c3nc4cc(F)c(O[C@@H](C)[C@@H](C)OC(=O)Nc5ccc(C(=O)N6CC[C@H](O)C6)nc5)nc4s3)cc(C)cc2n1. The van der Waals surface area contributed by atoms with Gasteiger partial charge in [-0.2, -0.15) is 4.98 Å². The number of carbonyl (C=O) groups is 2. The van der Waals surface area contributed by atoms with E-state index in [2.05, 4.69) is 30.2 Å². The number of nitrogens with one attached hydrogen (secondary N) is 1. The third-order valence-electron chi connectivity index (χ3n) is 7.44. The van der Waals surface area contributed by atoms with E-state index < -0.39 is 30.2 Å². The Bertz CT molecular complexity index is 1940. The Hall–Kier alpha value is -5.02. The number of aryl methyl sites for hydroxylation is 1. The first-order valence-electron chi connectivity index (χ1n) is 14.4. The molecule has 6 rings (SSSR count).